The number of carbonyl (C=O) groups is 2. The van der Waals surface area contributed by atoms with E-state index in [2.05, 4.69) is 17.2 Å². The molecule has 2 fully saturated rings. The molecule has 0 aromatic heterocycles. The van der Waals surface area contributed by atoms with Crippen LogP contribution in [0.3, 0.4) is 0 Å². The maximum atomic E-state index is 12.0. The molecule has 0 aromatic carbocycles. The van der Waals surface area contributed by atoms with E-state index in [9.17, 15) is 9.59 Å². The second kappa shape index (κ2) is 8.48. The molecule has 7 heteroatoms. The van der Waals surface area contributed by atoms with Crippen LogP contribution in [-0.4, -0.2) is 66.4 Å². The zero-order valence-electron chi connectivity index (χ0n) is 14.6. The summed E-state index contributed by atoms with van der Waals surface area (Å²) >= 11 is 0. The lowest BCUT2D eigenvalue weighted by molar-refractivity contribution is -0.139. The Bertz CT molecular complexity index is 476. The quantitative estimate of drug-likeness (QED) is 0.578. The van der Waals surface area contributed by atoms with Crippen LogP contribution < -0.4 is 10.6 Å². The van der Waals surface area contributed by atoms with E-state index in [-0.39, 0.29) is 36.7 Å². The molecular formula is C17H29N3O4. The van der Waals surface area contributed by atoms with Crippen molar-refractivity contribution >= 4 is 12.0 Å². The molecule has 1 saturated heterocycles. The van der Waals surface area contributed by atoms with Crippen molar-refractivity contribution in [1.29, 1.82) is 0 Å². The number of hydrogen-bond acceptors (Lipinski definition) is 4. The molecule has 0 radical (unpaired) electrons. The van der Waals surface area contributed by atoms with Crippen molar-refractivity contribution in [2.75, 3.05) is 26.2 Å². The Kier molecular flexibility index (Phi) is 6.62. The van der Waals surface area contributed by atoms with Crippen molar-refractivity contribution < 1.29 is 19.4 Å². The van der Waals surface area contributed by atoms with Crippen LogP contribution in [0, 0.1) is 5.92 Å². The van der Waals surface area contributed by atoms with Crippen molar-refractivity contribution in [3.63, 3.8) is 0 Å². The van der Waals surface area contributed by atoms with E-state index in [1.165, 1.54) is 0 Å². The van der Waals surface area contributed by atoms with Crippen LogP contribution in [-0.2, 0) is 9.53 Å². The Balaban J connectivity index is 1.66. The molecule has 0 spiro atoms. The summed E-state index contributed by atoms with van der Waals surface area (Å²) in [6, 6.07) is 0.203. The summed E-state index contributed by atoms with van der Waals surface area (Å²) in [5, 5.41) is 14.8. The number of nitrogens with one attached hydrogen (secondary N) is 2. The van der Waals surface area contributed by atoms with Gasteiger partial charge in [0.05, 0.1) is 12.6 Å². The summed E-state index contributed by atoms with van der Waals surface area (Å²) in [4.78, 5) is 24.8. The summed E-state index contributed by atoms with van der Waals surface area (Å²) in [5.41, 5.74) is 1.000. The van der Waals surface area contributed by atoms with Gasteiger partial charge in [-0.05, 0) is 32.7 Å². The number of aliphatic carboxylic acids is 1. The van der Waals surface area contributed by atoms with E-state index in [0.717, 1.165) is 24.8 Å². The van der Waals surface area contributed by atoms with Gasteiger partial charge in [-0.1, -0.05) is 19.1 Å². The monoisotopic (exact) mass is 339 g/mol. The van der Waals surface area contributed by atoms with Crippen molar-refractivity contribution in [3.05, 3.63) is 12.2 Å². The molecule has 3 N–H and O–H groups in total. The number of hydrogen-bond donors (Lipinski definition) is 3. The number of urea groups is 1. The van der Waals surface area contributed by atoms with E-state index in [4.69, 9.17) is 9.84 Å². The zero-order chi connectivity index (χ0) is 17.7. The molecule has 2 amide bonds. The lowest BCUT2D eigenvalue weighted by atomic mass is 9.85. The smallest absolute Gasteiger partial charge is 0.317 e. The van der Waals surface area contributed by atoms with E-state index < -0.39 is 5.97 Å². The summed E-state index contributed by atoms with van der Waals surface area (Å²) in [7, 11) is 0. The van der Waals surface area contributed by atoms with Crippen LogP contribution in [0.1, 0.15) is 33.1 Å². The molecule has 2 unspecified atom stereocenters. The van der Waals surface area contributed by atoms with Gasteiger partial charge in [0.25, 0.3) is 0 Å². The Hall–Kier alpha value is -1.60. The summed E-state index contributed by atoms with van der Waals surface area (Å²) < 4.78 is 5.63. The number of likely N-dealkylation sites (N-methyl/N-ethyl adjacent to an activating group) is 1. The predicted octanol–water partition coefficient (Wildman–Crippen LogP) is 1.20. The zero-order valence-corrected chi connectivity index (χ0v) is 14.6. The van der Waals surface area contributed by atoms with Crippen molar-refractivity contribution in [2.24, 2.45) is 5.92 Å². The summed E-state index contributed by atoms with van der Waals surface area (Å²) in [5.74, 6) is -0.523. The van der Waals surface area contributed by atoms with E-state index in [0.29, 0.717) is 19.7 Å². The standard InChI is InChI=1S/C17H29N3O4/c1-4-20(10-15(21)22)14-7-13(8-14)19-17(23)18-9-12-5-6-24-16(12)11(2)3/h12-14,16H,2,4-10H2,1,3H3,(H,21,22)(H2,18,19,23). The fraction of sp³-hybridized carbons (Fsp3) is 0.765. The molecule has 1 saturated carbocycles. The number of carboxylic acids is 1. The maximum Gasteiger partial charge on any atom is 0.317 e. The maximum absolute atomic E-state index is 12.0. The number of amides is 2. The molecule has 1 heterocycles. The third kappa shape index (κ3) is 4.95. The van der Waals surface area contributed by atoms with Gasteiger partial charge in [-0.25, -0.2) is 4.79 Å². The average molecular weight is 339 g/mol. The minimum atomic E-state index is -0.808. The normalized spacial score (nSPS) is 29.1. The number of carbonyl (C=O) groups excluding carboxylic acids is 1. The van der Waals surface area contributed by atoms with Gasteiger partial charge in [0.1, 0.15) is 0 Å². The lowest BCUT2D eigenvalue weighted by Gasteiger charge is -2.42. The van der Waals surface area contributed by atoms with Crippen molar-refractivity contribution in [3.8, 4) is 0 Å². The Morgan fingerprint density at radius 2 is 2.08 bits per heavy atom. The van der Waals surface area contributed by atoms with Crippen LogP contribution in [0.25, 0.3) is 0 Å². The van der Waals surface area contributed by atoms with E-state index in [1.807, 2.05) is 18.7 Å². The Morgan fingerprint density at radius 1 is 1.38 bits per heavy atom. The molecule has 2 rings (SSSR count). The van der Waals surface area contributed by atoms with Crippen LogP contribution >= 0.6 is 0 Å². The third-order valence-corrected chi connectivity index (χ3v) is 4.93. The van der Waals surface area contributed by atoms with Gasteiger partial charge in [-0.3, -0.25) is 9.69 Å². The van der Waals surface area contributed by atoms with Gasteiger partial charge < -0.3 is 20.5 Å². The van der Waals surface area contributed by atoms with Gasteiger partial charge in [-0.15, -0.1) is 0 Å². The molecule has 7 nitrogen and oxygen atoms in total. The van der Waals surface area contributed by atoms with E-state index >= 15 is 0 Å². The van der Waals surface area contributed by atoms with Gasteiger partial charge in [-0.2, -0.15) is 0 Å². The van der Waals surface area contributed by atoms with Crippen LogP contribution in [0.4, 0.5) is 4.79 Å². The number of ether oxygens (including phenoxy) is 1. The van der Waals surface area contributed by atoms with Crippen molar-refractivity contribution in [1.82, 2.24) is 15.5 Å². The highest BCUT2D eigenvalue weighted by molar-refractivity contribution is 5.74. The fourth-order valence-corrected chi connectivity index (χ4v) is 3.52. The van der Waals surface area contributed by atoms with Crippen LogP contribution in [0.5, 0.6) is 0 Å². The molecular weight excluding hydrogens is 310 g/mol. The second-order valence-corrected chi connectivity index (χ2v) is 6.82. The fourth-order valence-electron chi connectivity index (χ4n) is 3.52. The summed E-state index contributed by atoms with van der Waals surface area (Å²) in [6.07, 6.45) is 2.57. The minimum Gasteiger partial charge on any atom is -0.480 e. The summed E-state index contributed by atoms with van der Waals surface area (Å²) in [6.45, 7) is 9.91. The number of rotatable bonds is 8. The molecule has 0 aromatic rings. The minimum absolute atomic E-state index is 0.0347. The Morgan fingerprint density at radius 3 is 2.67 bits per heavy atom. The molecule has 2 aliphatic rings. The molecule has 2 atom stereocenters. The van der Waals surface area contributed by atoms with Gasteiger partial charge in [0, 0.05) is 31.2 Å². The molecule has 136 valence electrons. The first kappa shape index (κ1) is 18.7. The van der Waals surface area contributed by atoms with Gasteiger partial charge >= 0.3 is 12.0 Å². The molecule has 1 aliphatic carbocycles. The van der Waals surface area contributed by atoms with Crippen LogP contribution in [0.2, 0.25) is 0 Å². The highest BCUT2D eigenvalue weighted by atomic mass is 16.5. The predicted molar refractivity (Wildman–Crippen MR) is 90.9 cm³/mol. The SMILES string of the molecule is C=C(C)C1OCCC1CNC(=O)NC1CC(N(CC)CC(=O)O)C1. The molecule has 0 bridgehead atoms. The molecule has 1 aliphatic heterocycles. The first-order valence-electron chi connectivity index (χ1n) is 8.67. The highest BCUT2D eigenvalue weighted by Gasteiger charge is 2.35. The van der Waals surface area contributed by atoms with E-state index in [1.54, 1.807) is 0 Å². The first-order valence-corrected chi connectivity index (χ1v) is 8.67. The third-order valence-electron chi connectivity index (χ3n) is 4.93. The van der Waals surface area contributed by atoms with Crippen LogP contribution in [0.15, 0.2) is 12.2 Å². The lowest BCUT2D eigenvalue weighted by Crippen LogP contribution is -2.56. The topological polar surface area (TPSA) is 90.9 Å². The highest BCUT2D eigenvalue weighted by Crippen LogP contribution is 2.26. The van der Waals surface area contributed by atoms with Crippen molar-refractivity contribution in [2.45, 2.75) is 51.3 Å². The number of carboxylic acid groups (broad SMARTS) is 1. The number of nitrogens with zero attached hydrogens (tertiary/aromatic N) is 1. The largest absolute Gasteiger partial charge is 0.480 e. The van der Waals surface area contributed by atoms with Gasteiger partial charge in [0.15, 0.2) is 0 Å². The average Bonchev–Trinajstić information content (AvgIpc) is 2.95. The Labute approximate surface area is 143 Å². The first-order chi connectivity index (χ1) is 11.4. The molecule has 24 heavy (non-hydrogen) atoms. The van der Waals surface area contributed by atoms with Gasteiger partial charge in [0.2, 0.25) is 0 Å². The second-order valence-electron chi connectivity index (χ2n) is 6.82.